The van der Waals surface area contributed by atoms with Crippen LogP contribution in [0.2, 0.25) is 0 Å². The zero-order valence-corrected chi connectivity index (χ0v) is 11.6. The monoisotopic (exact) mass is 277 g/mol. The average Bonchev–Trinajstić information content (AvgIpc) is 2.69. The first kappa shape index (κ1) is 14.0. The summed E-state index contributed by atoms with van der Waals surface area (Å²) in [6.45, 7) is 5.29. The number of hydrogen-bond acceptors (Lipinski definition) is 4. The lowest BCUT2D eigenvalue weighted by Gasteiger charge is -2.11. The van der Waals surface area contributed by atoms with E-state index in [-0.39, 0.29) is 23.9 Å². The molecule has 0 saturated heterocycles. The number of nitrogens with zero attached hydrogens (tertiary/aromatic N) is 2. The summed E-state index contributed by atoms with van der Waals surface area (Å²) in [5, 5.41) is 0. The fourth-order valence-electron chi connectivity index (χ4n) is 2.04. The maximum Gasteiger partial charge on any atom is 0.360 e. The standard InChI is InChI=1S/C14H16FN3O2/c1-4-20-14(19)12-13(16)18(9(3)17-12)11-7-5-6-10(15)8(11)2/h5-7H,4,16H2,1-3H3. The molecule has 1 aromatic carbocycles. The summed E-state index contributed by atoms with van der Waals surface area (Å²) in [6, 6.07) is 4.67. The summed E-state index contributed by atoms with van der Waals surface area (Å²) in [5.41, 5.74) is 7.01. The van der Waals surface area contributed by atoms with Gasteiger partial charge in [0.15, 0.2) is 5.69 Å². The fraction of sp³-hybridized carbons (Fsp3) is 0.286. The van der Waals surface area contributed by atoms with E-state index in [1.165, 1.54) is 6.07 Å². The second kappa shape index (κ2) is 5.32. The molecule has 6 heteroatoms. The van der Waals surface area contributed by atoms with Gasteiger partial charge in [-0.1, -0.05) is 6.07 Å². The van der Waals surface area contributed by atoms with Gasteiger partial charge in [0.1, 0.15) is 17.5 Å². The van der Waals surface area contributed by atoms with Gasteiger partial charge in [0.25, 0.3) is 0 Å². The fourth-order valence-corrected chi connectivity index (χ4v) is 2.04. The van der Waals surface area contributed by atoms with Crippen molar-refractivity contribution in [2.45, 2.75) is 20.8 Å². The number of halogens is 1. The second-order valence-corrected chi connectivity index (χ2v) is 4.33. The quantitative estimate of drug-likeness (QED) is 0.874. The third-order valence-electron chi connectivity index (χ3n) is 3.03. The van der Waals surface area contributed by atoms with Gasteiger partial charge in [0.2, 0.25) is 0 Å². The van der Waals surface area contributed by atoms with Crippen LogP contribution in [-0.2, 0) is 4.74 Å². The van der Waals surface area contributed by atoms with E-state index in [0.29, 0.717) is 17.1 Å². The van der Waals surface area contributed by atoms with Gasteiger partial charge >= 0.3 is 5.97 Å². The van der Waals surface area contributed by atoms with Crippen molar-refractivity contribution in [1.29, 1.82) is 0 Å². The number of ether oxygens (including phenoxy) is 1. The lowest BCUT2D eigenvalue weighted by Crippen LogP contribution is -2.10. The van der Waals surface area contributed by atoms with Gasteiger partial charge in [-0.2, -0.15) is 0 Å². The van der Waals surface area contributed by atoms with Crippen LogP contribution in [0.3, 0.4) is 0 Å². The van der Waals surface area contributed by atoms with Crippen molar-refractivity contribution in [2.24, 2.45) is 0 Å². The maximum absolute atomic E-state index is 13.6. The number of esters is 1. The SMILES string of the molecule is CCOC(=O)c1nc(C)n(-c2cccc(F)c2C)c1N. The van der Waals surface area contributed by atoms with E-state index in [1.807, 2.05) is 0 Å². The molecule has 20 heavy (non-hydrogen) atoms. The zero-order chi connectivity index (χ0) is 14.9. The predicted molar refractivity (Wildman–Crippen MR) is 73.4 cm³/mol. The molecule has 0 unspecified atom stereocenters. The molecule has 0 spiro atoms. The largest absolute Gasteiger partial charge is 0.461 e. The molecule has 1 heterocycles. The molecule has 0 aliphatic carbocycles. The highest BCUT2D eigenvalue weighted by molar-refractivity contribution is 5.92. The molecule has 0 amide bonds. The van der Waals surface area contributed by atoms with E-state index in [9.17, 15) is 9.18 Å². The van der Waals surface area contributed by atoms with Gasteiger partial charge in [0.05, 0.1) is 12.3 Å². The first-order valence-electron chi connectivity index (χ1n) is 6.24. The number of aryl methyl sites for hydroxylation is 1. The predicted octanol–water partition coefficient (Wildman–Crippen LogP) is 2.39. The Bertz CT molecular complexity index is 665. The molecule has 0 aliphatic heterocycles. The normalized spacial score (nSPS) is 10.6. The number of carbonyl (C=O) groups is 1. The number of aromatic nitrogens is 2. The van der Waals surface area contributed by atoms with Crippen LogP contribution in [0, 0.1) is 19.7 Å². The summed E-state index contributed by atoms with van der Waals surface area (Å²) in [4.78, 5) is 15.9. The van der Waals surface area contributed by atoms with Crippen LogP contribution in [0.15, 0.2) is 18.2 Å². The van der Waals surface area contributed by atoms with Crippen molar-refractivity contribution in [2.75, 3.05) is 12.3 Å². The Labute approximate surface area is 116 Å². The minimum atomic E-state index is -0.582. The highest BCUT2D eigenvalue weighted by Gasteiger charge is 2.21. The molecule has 0 fully saturated rings. The second-order valence-electron chi connectivity index (χ2n) is 4.33. The molecular weight excluding hydrogens is 261 g/mol. The molecule has 2 aromatic rings. The average molecular weight is 277 g/mol. The molecule has 1 aromatic heterocycles. The third-order valence-corrected chi connectivity index (χ3v) is 3.03. The van der Waals surface area contributed by atoms with Crippen LogP contribution in [0.25, 0.3) is 5.69 Å². The van der Waals surface area contributed by atoms with Crippen molar-refractivity contribution in [3.63, 3.8) is 0 Å². The number of imidazole rings is 1. The van der Waals surface area contributed by atoms with Gasteiger partial charge in [-0.25, -0.2) is 14.2 Å². The summed E-state index contributed by atoms with van der Waals surface area (Å²) in [7, 11) is 0. The Balaban J connectivity index is 2.59. The summed E-state index contributed by atoms with van der Waals surface area (Å²) in [5.74, 6) is -0.275. The summed E-state index contributed by atoms with van der Waals surface area (Å²) in [6.07, 6.45) is 0. The number of nitrogen functional groups attached to an aromatic ring is 1. The molecule has 0 radical (unpaired) electrons. The van der Waals surface area contributed by atoms with Crippen molar-refractivity contribution in [1.82, 2.24) is 9.55 Å². The lowest BCUT2D eigenvalue weighted by molar-refractivity contribution is 0.0521. The van der Waals surface area contributed by atoms with Crippen LogP contribution < -0.4 is 5.73 Å². The Morgan fingerprint density at radius 1 is 1.45 bits per heavy atom. The summed E-state index contributed by atoms with van der Waals surface area (Å²) >= 11 is 0. The zero-order valence-electron chi connectivity index (χ0n) is 11.6. The molecule has 5 nitrogen and oxygen atoms in total. The molecule has 0 aliphatic rings. The lowest BCUT2D eigenvalue weighted by atomic mass is 10.2. The number of anilines is 1. The highest BCUT2D eigenvalue weighted by Crippen LogP contribution is 2.24. The molecule has 106 valence electrons. The van der Waals surface area contributed by atoms with Crippen molar-refractivity contribution >= 4 is 11.8 Å². The third kappa shape index (κ3) is 2.24. The molecule has 0 atom stereocenters. The van der Waals surface area contributed by atoms with Gasteiger partial charge in [-0.15, -0.1) is 0 Å². The van der Waals surface area contributed by atoms with Crippen LogP contribution in [0.4, 0.5) is 10.2 Å². The number of hydrogen-bond donors (Lipinski definition) is 1. The molecule has 2 rings (SSSR count). The van der Waals surface area contributed by atoms with Gasteiger partial charge < -0.3 is 10.5 Å². The first-order chi connectivity index (χ1) is 9.47. The Morgan fingerprint density at radius 2 is 2.15 bits per heavy atom. The number of carbonyl (C=O) groups excluding carboxylic acids is 1. The summed E-state index contributed by atoms with van der Waals surface area (Å²) < 4.78 is 20.1. The Kier molecular flexibility index (Phi) is 3.74. The van der Waals surface area contributed by atoms with Crippen molar-refractivity contribution < 1.29 is 13.9 Å². The van der Waals surface area contributed by atoms with Gasteiger partial charge in [0, 0.05) is 5.56 Å². The molecule has 0 saturated carbocycles. The van der Waals surface area contributed by atoms with Crippen LogP contribution >= 0.6 is 0 Å². The van der Waals surface area contributed by atoms with Crippen LogP contribution in [-0.4, -0.2) is 22.1 Å². The minimum Gasteiger partial charge on any atom is -0.461 e. The topological polar surface area (TPSA) is 70.1 Å². The Hall–Kier alpha value is -2.37. The smallest absolute Gasteiger partial charge is 0.360 e. The van der Waals surface area contributed by atoms with E-state index >= 15 is 0 Å². The van der Waals surface area contributed by atoms with E-state index in [2.05, 4.69) is 4.98 Å². The molecular formula is C14H16FN3O2. The van der Waals surface area contributed by atoms with E-state index < -0.39 is 5.97 Å². The van der Waals surface area contributed by atoms with E-state index in [1.54, 1.807) is 37.5 Å². The van der Waals surface area contributed by atoms with Crippen LogP contribution in [0.1, 0.15) is 28.8 Å². The maximum atomic E-state index is 13.6. The number of rotatable bonds is 3. The minimum absolute atomic E-state index is 0.0491. The van der Waals surface area contributed by atoms with Crippen molar-refractivity contribution in [3.8, 4) is 5.69 Å². The Morgan fingerprint density at radius 3 is 2.80 bits per heavy atom. The highest BCUT2D eigenvalue weighted by atomic mass is 19.1. The van der Waals surface area contributed by atoms with E-state index in [0.717, 1.165) is 0 Å². The number of benzene rings is 1. The molecule has 2 N–H and O–H groups in total. The molecule has 0 bridgehead atoms. The van der Waals surface area contributed by atoms with Crippen molar-refractivity contribution in [3.05, 3.63) is 41.1 Å². The van der Waals surface area contributed by atoms with E-state index in [4.69, 9.17) is 10.5 Å². The number of nitrogens with two attached hydrogens (primary N) is 1. The van der Waals surface area contributed by atoms with Gasteiger partial charge in [-0.05, 0) is 32.9 Å². The van der Waals surface area contributed by atoms with Gasteiger partial charge in [-0.3, -0.25) is 4.57 Å². The first-order valence-corrected chi connectivity index (χ1v) is 6.24. The van der Waals surface area contributed by atoms with Crippen LogP contribution in [0.5, 0.6) is 0 Å².